The van der Waals surface area contributed by atoms with E-state index in [0.29, 0.717) is 37.0 Å². The molecule has 0 radical (unpaired) electrons. The molecule has 0 bridgehead atoms. The normalized spacial score (nSPS) is 19.1. The monoisotopic (exact) mass is 392 g/mol. The zero-order chi connectivity index (χ0) is 19.4. The molecule has 3 rings (SSSR count). The number of nitrogens with zero attached hydrogens (tertiary/aromatic N) is 2. The van der Waals surface area contributed by atoms with Gasteiger partial charge in [0.2, 0.25) is 10.0 Å². The Balaban J connectivity index is 1.81. The minimum Gasteiger partial charge on any atom is -0.477 e. The molecule has 146 valence electrons. The number of carboxylic acid groups (broad SMARTS) is 1. The van der Waals surface area contributed by atoms with Crippen molar-refractivity contribution in [3.63, 3.8) is 0 Å². The maximum atomic E-state index is 13.1. The van der Waals surface area contributed by atoms with Crippen molar-refractivity contribution >= 4 is 26.9 Å². The van der Waals surface area contributed by atoms with Crippen LogP contribution in [0.3, 0.4) is 0 Å². The van der Waals surface area contributed by atoms with Crippen LogP contribution in [0.4, 0.5) is 0 Å². The zero-order valence-corrected chi connectivity index (χ0v) is 16.1. The molecule has 2 heterocycles. The van der Waals surface area contributed by atoms with E-state index in [4.69, 9.17) is 9.84 Å². The van der Waals surface area contributed by atoms with E-state index in [-0.39, 0.29) is 16.7 Å². The number of carboxylic acids is 1. The molecule has 1 aromatic heterocycles. The lowest BCUT2D eigenvalue weighted by atomic mass is 10.2. The highest BCUT2D eigenvalue weighted by Gasteiger charge is 2.28. The number of aromatic carboxylic acids is 1. The summed E-state index contributed by atoms with van der Waals surface area (Å²) in [5.41, 5.74) is 0.390. The highest BCUT2D eigenvalue weighted by atomic mass is 32.2. The van der Waals surface area contributed by atoms with Crippen molar-refractivity contribution in [1.82, 2.24) is 9.29 Å². The molecule has 8 heteroatoms. The third-order valence-corrected chi connectivity index (χ3v) is 6.60. The topological polar surface area (TPSA) is 96.8 Å². The number of hydrogen-bond donors (Lipinski definition) is 1. The predicted molar refractivity (Wildman–Crippen MR) is 101 cm³/mol. The Morgan fingerprint density at radius 1 is 1.26 bits per heavy atom. The van der Waals surface area contributed by atoms with Crippen molar-refractivity contribution in [3.05, 3.63) is 36.0 Å². The molecular formula is C19H24N2O5S. The SMILES string of the molecule is CCCOC1CCCN(S(=O)(=O)c2ccc3nc(C(=O)O)ccc3c2)CC1. The fraction of sp³-hybridized carbons (Fsp3) is 0.474. The van der Waals surface area contributed by atoms with Gasteiger partial charge in [-0.25, -0.2) is 18.2 Å². The standard InChI is InChI=1S/C19H24N2O5S/c1-2-12-26-15-4-3-10-21(11-9-15)27(24,25)16-6-8-17-14(13-16)5-7-18(20-17)19(22)23/h5-8,13,15H,2-4,9-12H2,1H3,(H,22,23). The van der Waals surface area contributed by atoms with Crippen LogP contribution in [0.2, 0.25) is 0 Å². The van der Waals surface area contributed by atoms with Gasteiger partial charge in [0.05, 0.1) is 16.5 Å². The molecule has 0 saturated carbocycles. The van der Waals surface area contributed by atoms with Crippen LogP contribution >= 0.6 is 0 Å². The summed E-state index contributed by atoms with van der Waals surface area (Å²) < 4.78 is 33.4. The average Bonchev–Trinajstić information content (AvgIpc) is 2.91. The summed E-state index contributed by atoms with van der Waals surface area (Å²) in [5, 5.41) is 9.62. The maximum absolute atomic E-state index is 13.1. The lowest BCUT2D eigenvalue weighted by Crippen LogP contribution is -2.32. The second kappa shape index (κ2) is 8.33. The first kappa shape index (κ1) is 19.7. The van der Waals surface area contributed by atoms with E-state index in [9.17, 15) is 13.2 Å². The van der Waals surface area contributed by atoms with Crippen molar-refractivity contribution in [2.45, 2.75) is 43.6 Å². The molecule has 1 aliphatic rings. The van der Waals surface area contributed by atoms with Gasteiger partial charge >= 0.3 is 5.97 Å². The highest BCUT2D eigenvalue weighted by molar-refractivity contribution is 7.89. The summed E-state index contributed by atoms with van der Waals surface area (Å²) in [5.74, 6) is -1.11. The third-order valence-electron chi connectivity index (χ3n) is 4.71. The summed E-state index contributed by atoms with van der Waals surface area (Å²) in [6.45, 7) is 3.67. The second-order valence-corrected chi connectivity index (χ2v) is 8.62. The van der Waals surface area contributed by atoms with Crippen LogP contribution in [0.25, 0.3) is 10.9 Å². The Kier molecular flexibility index (Phi) is 6.08. The molecule has 1 aromatic carbocycles. The summed E-state index contributed by atoms with van der Waals surface area (Å²) in [6, 6.07) is 7.57. The number of sulfonamides is 1. The smallest absolute Gasteiger partial charge is 0.354 e. The Morgan fingerprint density at radius 2 is 2.07 bits per heavy atom. The average molecular weight is 392 g/mol. The number of rotatable bonds is 6. The van der Waals surface area contributed by atoms with Gasteiger partial charge in [0.15, 0.2) is 0 Å². The summed E-state index contributed by atoms with van der Waals surface area (Å²) in [6.07, 6.45) is 3.39. The fourth-order valence-corrected chi connectivity index (χ4v) is 4.79. The molecule has 1 aliphatic heterocycles. The minimum atomic E-state index is -3.61. The molecule has 1 unspecified atom stereocenters. The quantitative estimate of drug-likeness (QED) is 0.812. The van der Waals surface area contributed by atoms with Crippen LogP contribution < -0.4 is 0 Å². The molecule has 7 nitrogen and oxygen atoms in total. The van der Waals surface area contributed by atoms with Crippen LogP contribution in [0.1, 0.15) is 43.1 Å². The molecule has 1 N–H and O–H groups in total. The fourth-order valence-electron chi connectivity index (χ4n) is 3.26. The number of carbonyl (C=O) groups is 1. The van der Waals surface area contributed by atoms with E-state index in [0.717, 1.165) is 19.3 Å². The van der Waals surface area contributed by atoms with E-state index in [2.05, 4.69) is 11.9 Å². The summed E-state index contributed by atoms with van der Waals surface area (Å²) >= 11 is 0. The van der Waals surface area contributed by atoms with E-state index >= 15 is 0 Å². The number of aromatic nitrogens is 1. The van der Waals surface area contributed by atoms with Gasteiger partial charge < -0.3 is 9.84 Å². The molecule has 27 heavy (non-hydrogen) atoms. The first-order valence-corrected chi connectivity index (χ1v) is 10.6. The van der Waals surface area contributed by atoms with E-state index < -0.39 is 16.0 Å². The van der Waals surface area contributed by atoms with Gasteiger partial charge in [-0.3, -0.25) is 0 Å². The molecule has 0 amide bonds. The highest BCUT2D eigenvalue weighted by Crippen LogP contribution is 2.24. The Bertz CT molecular complexity index is 929. The van der Waals surface area contributed by atoms with Crippen molar-refractivity contribution in [3.8, 4) is 0 Å². The van der Waals surface area contributed by atoms with Crippen LogP contribution in [-0.4, -0.2) is 54.6 Å². The molecular weight excluding hydrogens is 368 g/mol. The minimum absolute atomic E-state index is 0.0660. The van der Waals surface area contributed by atoms with Crippen molar-refractivity contribution in [2.75, 3.05) is 19.7 Å². The van der Waals surface area contributed by atoms with E-state index in [1.54, 1.807) is 18.2 Å². The first-order chi connectivity index (χ1) is 12.9. The van der Waals surface area contributed by atoms with Gasteiger partial charge in [-0.15, -0.1) is 0 Å². The molecule has 1 fully saturated rings. The maximum Gasteiger partial charge on any atom is 0.354 e. The molecule has 0 spiro atoms. The summed E-state index contributed by atoms with van der Waals surface area (Å²) in [4.78, 5) is 15.3. The third kappa shape index (κ3) is 4.45. The van der Waals surface area contributed by atoms with Gasteiger partial charge in [-0.1, -0.05) is 13.0 Å². The zero-order valence-electron chi connectivity index (χ0n) is 15.3. The molecule has 1 atom stereocenters. The van der Waals surface area contributed by atoms with Gasteiger partial charge in [0.25, 0.3) is 0 Å². The van der Waals surface area contributed by atoms with Crippen molar-refractivity contribution in [2.24, 2.45) is 0 Å². The number of benzene rings is 1. The number of ether oxygens (including phenoxy) is 1. The number of pyridine rings is 1. The Morgan fingerprint density at radius 3 is 2.81 bits per heavy atom. The van der Waals surface area contributed by atoms with Crippen LogP contribution in [0.15, 0.2) is 35.2 Å². The van der Waals surface area contributed by atoms with Gasteiger partial charge in [0, 0.05) is 25.1 Å². The van der Waals surface area contributed by atoms with Gasteiger partial charge in [-0.2, -0.15) is 4.31 Å². The predicted octanol–water partition coefficient (Wildman–Crippen LogP) is 2.90. The van der Waals surface area contributed by atoms with Crippen LogP contribution in [0.5, 0.6) is 0 Å². The first-order valence-electron chi connectivity index (χ1n) is 9.17. The number of hydrogen-bond acceptors (Lipinski definition) is 5. The Labute approximate surface area is 159 Å². The lowest BCUT2D eigenvalue weighted by Gasteiger charge is -2.20. The summed E-state index contributed by atoms with van der Waals surface area (Å²) in [7, 11) is -3.61. The molecule has 1 saturated heterocycles. The van der Waals surface area contributed by atoms with Crippen LogP contribution in [0, 0.1) is 0 Å². The second-order valence-electron chi connectivity index (χ2n) is 6.68. The largest absolute Gasteiger partial charge is 0.477 e. The van der Waals surface area contributed by atoms with Crippen molar-refractivity contribution < 1.29 is 23.1 Å². The number of fused-ring (bicyclic) bond motifs is 1. The van der Waals surface area contributed by atoms with E-state index in [1.165, 1.54) is 16.4 Å². The molecule has 0 aliphatic carbocycles. The van der Waals surface area contributed by atoms with E-state index in [1.807, 2.05) is 0 Å². The van der Waals surface area contributed by atoms with Crippen LogP contribution in [-0.2, 0) is 14.8 Å². The van der Waals surface area contributed by atoms with Gasteiger partial charge in [-0.05, 0) is 49.9 Å². The van der Waals surface area contributed by atoms with Crippen molar-refractivity contribution in [1.29, 1.82) is 0 Å². The molecule has 2 aromatic rings. The lowest BCUT2D eigenvalue weighted by molar-refractivity contribution is 0.0450. The van der Waals surface area contributed by atoms with Gasteiger partial charge in [0.1, 0.15) is 5.69 Å². The Hall–Kier alpha value is -2.03.